The van der Waals surface area contributed by atoms with Gasteiger partial charge in [0.2, 0.25) is 5.91 Å². The SMILES string of the molecule is CCCCCCCCCCCC(=O)N(CCC(=O)O)CC(=O)O.[H-].[H-].[Mg+2]. The fourth-order valence-electron chi connectivity index (χ4n) is 2.43. The Morgan fingerprint density at radius 2 is 1.29 bits per heavy atom. The molecule has 0 aromatic carbocycles. The molecule has 0 radical (unpaired) electrons. The average Bonchev–Trinajstić information content (AvgIpc) is 2.49. The van der Waals surface area contributed by atoms with Crippen molar-refractivity contribution in [3.05, 3.63) is 0 Å². The van der Waals surface area contributed by atoms with Crippen LogP contribution in [0.3, 0.4) is 0 Å². The van der Waals surface area contributed by atoms with E-state index in [0.717, 1.165) is 24.2 Å². The van der Waals surface area contributed by atoms with Crippen LogP contribution in [0.4, 0.5) is 0 Å². The van der Waals surface area contributed by atoms with Crippen molar-refractivity contribution < 1.29 is 27.4 Å². The van der Waals surface area contributed by atoms with E-state index in [1.807, 2.05) is 0 Å². The number of aliphatic carboxylic acids is 2. The summed E-state index contributed by atoms with van der Waals surface area (Å²) in [5.41, 5.74) is 0. The molecule has 0 saturated carbocycles. The molecule has 138 valence electrons. The summed E-state index contributed by atoms with van der Waals surface area (Å²) in [7, 11) is 0. The van der Waals surface area contributed by atoms with Crippen LogP contribution in [-0.4, -0.2) is 69.1 Å². The summed E-state index contributed by atoms with van der Waals surface area (Å²) in [5.74, 6) is -2.41. The van der Waals surface area contributed by atoms with Crippen molar-refractivity contribution in [3.8, 4) is 0 Å². The normalized spacial score (nSPS) is 10.0. The largest absolute Gasteiger partial charge is 2.00 e. The number of carbonyl (C=O) groups is 3. The minimum Gasteiger partial charge on any atom is -1.00 e. The Kier molecular flexibility index (Phi) is 18.0. The van der Waals surface area contributed by atoms with Crippen LogP contribution in [0, 0.1) is 0 Å². The molecule has 0 bridgehead atoms. The summed E-state index contributed by atoms with van der Waals surface area (Å²) < 4.78 is 0. The molecular weight excluding hydrogens is 322 g/mol. The quantitative estimate of drug-likeness (QED) is 0.347. The Hall–Kier alpha value is -0.824. The van der Waals surface area contributed by atoms with Gasteiger partial charge in [-0.2, -0.15) is 0 Å². The number of amides is 1. The molecule has 0 unspecified atom stereocenters. The number of hydrogen-bond acceptors (Lipinski definition) is 3. The second-order valence-corrected chi connectivity index (χ2v) is 5.93. The molecule has 0 saturated heterocycles. The van der Waals surface area contributed by atoms with E-state index in [2.05, 4.69) is 6.92 Å². The molecular formula is C17H33MgNO5. The number of carboxylic acids is 2. The molecule has 0 aliphatic rings. The van der Waals surface area contributed by atoms with E-state index in [9.17, 15) is 14.4 Å². The van der Waals surface area contributed by atoms with Gasteiger partial charge in [-0.15, -0.1) is 0 Å². The van der Waals surface area contributed by atoms with Gasteiger partial charge >= 0.3 is 35.0 Å². The first-order chi connectivity index (χ1) is 11.0. The van der Waals surface area contributed by atoms with Crippen LogP contribution in [0.25, 0.3) is 0 Å². The standard InChI is InChI=1S/C17H31NO5.Mg.2H/c1-2-3-4-5-6-7-8-9-10-11-15(19)18(14-17(22)23)13-12-16(20)21;;;/h2-14H2,1H3,(H,20,21)(H,22,23);;;/q;+2;2*-1. The summed E-state index contributed by atoms with van der Waals surface area (Å²) in [6.45, 7) is 1.72. The van der Waals surface area contributed by atoms with E-state index in [0.29, 0.717) is 6.42 Å². The van der Waals surface area contributed by atoms with Crippen LogP contribution >= 0.6 is 0 Å². The predicted molar refractivity (Wildman–Crippen MR) is 96.3 cm³/mol. The Morgan fingerprint density at radius 3 is 1.75 bits per heavy atom. The number of carboxylic acid groups (broad SMARTS) is 2. The van der Waals surface area contributed by atoms with Crippen LogP contribution in [0.1, 0.15) is 80.4 Å². The molecule has 1 amide bonds. The minimum atomic E-state index is -1.11. The van der Waals surface area contributed by atoms with E-state index in [1.54, 1.807) is 0 Å². The fourth-order valence-corrected chi connectivity index (χ4v) is 2.43. The third kappa shape index (κ3) is 16.0. The van der Waals surface area contributed by atoms with Gasteiger partial charge in [-0.25, -0.2) is 0 Å². The zero-order chi connectivity index (χ0) is 17.5. The first kappa shape index (κ1) is 25.4. The van der Waals surface area contributed by atoms with Gasteiger partial charge in [-0.05, 0) is 6.42 Å². The van der Waals surface area contributed by atoms with Crippen molar-refractivity contribution in [3.63, 3.8) is 0 Å². The number of carbonyl (C=O) groups excluding carboxylic acids is 1. The first-order valence-corrected chi connectivity index (χ1v) is 8.68. The topological polar surface area (TPSA) is 94.9 Å². The third-order valence-corrected chi connectivity index (χ3v) is 3.77. The second-order valence-electron chi connectivity index (χ2n) is 5.93. The van der Waals surface area contributed by atoms with Crippen LogP contribution in [-0.2, 0) is 14.4 Å². The summed E-state index contributed by atoms with van der Waals surface area (Å²) in [5, 5.41) is 17.4. The number of nitrogens with zero attached hydrogens (tertiary/aromatic N) is 1. The van der Waals surface area contributed by atoms with E-state index in [4.69, 9.17) is 10.2 Å². The minimum absolute atomic E-state index is 0. The maximum absolute atomic E-state index is 12.0. The van der Waals surface area contributed by atoms with Crippen molar-refractivity contribution in [2.75, 3.05) is 13.1 Å². The summed E-state index contributed by atoms with van der Waals surface area (Å²) >= 11 is 0. The van der Waals surface area contributed by atoms with Gasteiger partial charge in [0, 0.05) is 13.0 Å². The maximum Gasteiger partial charge on any atom is 2.00 e. The van der Waals surface area contributed by atoms with Crippen LogP contribution in [0.2, 0.25) is 0 Å². The first-order valence-electron chi connectivity index (χ1n) is 8.68. The molecule has 7 heteroatoms. The van der Waals surface area contributed by atoms with Gasteiger partial charge in [0.05, 0.1) is 6.42 Å². The molecule has 0 aliphatic heterocycles. The Morgan fingerprint density at radius 1 is 0.792 bits per heavy atom. The molecule has 0 fully saturated rings. The maximum atomic E-state index is 12.0. The zero-order valence-electron chi connectivity index (χ0n) is 17.0. The van der Waals surface area contributed by atoms with Crippen LogP contribution < -0.4 is 0 Å². The van der Waals surface area contributed by atoms with Crippen molar-refractivity contribution in [1.82, 2.24) is 4.90 Å². The molecule has 0 heterocycles. The monoisotopic (exact) mass is 355 g/mol. The molecule has 0 aromatic heterocycles. The molecule has 24 heavy (non-hydrogen) atoms. The van der Waals surface area contributed by atoms with E-state index < -0.39 is 18.5 Å². The fraction of sp³-hybridized carbons (Fsp3) is 0.824. The Bertz CT molecular complexity index is 373. The summed E-state index contributed by atoms with van der Waals surface area (Å²) in [6, 6.07) is 0. The zero-order valence-corrected chi connectivity index (χ0v) is 16.4. The van der Waals surface area contributed by atoms with E-state index in [1.165, 1.54) is 38.5 Å². The smallest absolute Gasteiger partial charge is 1.00 e. The molecule has 0 atom stereocenters. The van der Waals surface area contributed by atoms with Crippen molar-refractivity contribution >= 4 is 40.9 Å². The van der Waals surface area contributed by atoms with Gasteiger partial charge in [0.15, 0.2) is 0 Å². The number of rotatable bonds is 15. The average molecular weight is 356 g/mol. The summed E-state index contributed by atoms with van der Waals surface area (Å²) in [4.78, 5) is 34.4. The van der Waals surface area contributed by atoms with Crippen molar-refractivity contribution in [1.29, 1.82) is 0 Å². The Labute approximate surface area is 164 Å². The summed E-state index contributed by atoms with van der Waals surface area (Å²) in [6.07, 6.45) is 10.4. The second kappa shape index (κ2) is 17.0. The van der Waals surface area contributed by atoms with Crippen molar-refractivity contribution in [2.45, 2.75) is 77.6 Å². The van der Waals surface area contributed by atoms with E-state index >= 15 is 0 Å². The number of unbranched alkanes of at least 4 members (excludes halogenated alkanes) is 8. The van der Waals surface area contributed by atoms with Gasteiger partial charge in [0.1, 0.15) is 6.54 Å². The van der Waals surface area contributed by atoms with Crippen molar-refractivity contribution in [2.24, 2.45) is 0 Å². The molecule has 0 aliphatic carbocycles. The predicted octanol–water partition coefficient (Wildman–Crippen LogP) is 3.14. The van der Waals surface area contributed by atoms with Gasteiger partial charge in [-0.3, -0.25) is 14.4 Å². The number of hydrogen-bond donors (Lipinski definition) is 2. The van der Waals surface area contributed by atoms with Gasteiger partial charge < -0.3 is 18.0 Å². The third-order valence-electron chi connectivity index (χ3n) is 3.77. The van der Waals surface area contributed by atoms with Crippen LogP contribution in [0.5, 0.6) is 0 Å². The molecule has 0 rings (SSSR count). The van der Waals surface area contributed by atoms with Gasteiger partial charge in [-0.1, -0.05) is 58.3 Å². The molecule has 0 spiro atoms. The Balaban J connectivity index is -0.000000807. The molecule has 2 N–H and O–H groups in total. The van der Waals surface area contributed by atoms with Crippen LogP contribution in [0.15, 0.2) is 0 Å². The van der Waals surface area contributed by atoms with E-state index in [-0.39, 0.29) is 44.8 Å². The molecule has 6 nitrogen and oxygen atoms in total. The van der Waals surface area contributed by atoms with Gasteiger partial charge in [0.25, 0.3) is 0 Å². The molecule has 0 aromatic rings.